The molecule has 3 aromatic rings. The van der Waals surface area contributed by atoms with Gasteiger partial charge in [-0.3, -0.25) is 4.98 Å². The van der Waals surface area contributed by atoms with Crippen molar-refractivity contribution in [3.8, 4) is 0 Å². The van der Waals surface area contributed by atoms with E-state index < -0.39 is 0 Å². The molecule has 3 rings (SSSR count). The van der Waals surface area contributed by atoms with Gasteiger partial charge in [0.1, 0.15) is 10.7 Å². The summed E-state index contributed by atoms with van der Waals surface area (Å²) in [6, 6.07) is 7.36. The predicted molar refractivity (Wildman–Crippen MR) is 88.0 cm³/mol. The highest BCUT2D eigenvalue weighted by Gasteiger charge is 2.11. The van der Waals surface area contributed by atoms with Crippen molar-refractivity contribution >= 4 is 51.2 Å². The number of thiocarbonyl (C=S) groups is 1. The van der Waals surface area contributed by atoms with Crippen LogP contribution in [-0.4, -0.2) is 19.9 Å². The van der Waals surface area contributed by atoms with Crippen LogP contribution in [-0.2, 0) is 0 Å². The van der Waals surface area contributed by atoms with E-state index >= 15 is 0 Å². The second-order valence-corrected chi connectivity index (χ2v) is 5.08. The summed E-state index contributed by atoms with van der Waals surface area (Å²) in [6.07, 6.45) is 4.81. The Morgan fingerprint density at radius 3 is 2.71 bits per heavy atom. The molecule has 0 spiro atoms. The van der Waals surface area contributed by atoms with Gasteiger partial charge >= 0.3 is 0 Å². The molecular formula is C14H10ClN5S. The Hall–Kier alpha value is -2.31. The maximum Gasteiger partial charge on any atom is 0.159 e. The Bertz CT molecular complexity index is 836. The summed E-state index contributed by atoms with van der Waals surface area (Å²) in [5.74, 6) is 0.485. The zero-order valence-corrected chi connectivity index (χ0v) is 12.3. The van der Waals surface area contributed by atoms with Crippen LogP contribution in [0.4, 0.5) is 11.5 Å². The standard InChI is InChI=1S/C14H10ClN5S/c15-9-3-4-10(11-8(9)2-1-5-17-11)20-14-12(13(16)21)18-6-7-19-14/h1-7H,(H2,16,21)(H,19,20). The SMILES string of the molecule is NC(=S)c1nccnc1Nc1ccc(Cl)c2cccnc12. The number of hydrogen-bond donors (Lipinski definition) is 2. The summed E-state index contributed by atoms with van der Waals surface area (Å²) < 4.78 is 0. The lowest BCUT2D eigenvalue weighted by Gasteiger charge is -2.11. The molecule has 0 saturated carbocycles. The number of benzene rings is 1. The van der Waals surface area contributed by atoms with Gasteiger partial charge < -0.3 is 11.1 Å². The van der Waals surface area contributed by atoms with Crippen molar-refractivity contribution in [2.45, 2.75) is 0 Å². The summed E-state index contributed by atoms with van der Waals surface area (Å²) in [5, 5.41) is 4.65. The number of halogens is 1. The molecule has 1 aromatic carbocycles. The molecule has 0 bridgehead atoms. The average Bonchev–Trinajstić information content (AvgIpc) is 2.51. The van der Waals surface area contributed by atoms with Crippen LogP contribution in [0.15, 0.2) is 42.9 Å². The minimum Gasteiger partial charge on any atom is -0.388 e. The first-order chi connectivity index (χ1) is 10.2. The van der Waals surface area contributed by atoms with E-state index in [9.17, 15) is 0 Å². The molecule has 0 atom stereocenters. The number of anilines is 2. The van der Waals surface area contributed by atoms with Gasteiger partial charge in [-0.05, 0) is 24.3 Å². The lowest BCUT2D eigenvalue weighted by Crippen LogP contribution is -2.15. The van der Waals surface area contributed by atoms with E-state index in [0.717, 1.165) is 16.6 Å². The third kappa shape index (κ3) is 2.63. The maximum absolute atomic E-state index is 6.18. The van der Waals surface area contributed by atoms with Crippen LogP contribution in [0.1, 0.15) is 5.69 Å². The largest absolute Gasteiger partial charge is 0.388 e. The van der Waals surface area contributed by atoms with Crippen molar-refractivity contribution in [3.05, 3.63) is 53.6 Å². The Morgan fingerprint density at radius 2 is 1.90 bits per heavy atom. The summed E-state index contributed by atoms with van der Waals surface area (Å²) in [4.78, 5) is 12.9. The summed E-state index contributed by atoms with van der Waals surface area (Å²) in [7, 11) is 0. The normalized spacial score (nSPS) is 10.5. The van der Waals surface area contributed by atoms with E-state index in [0.29, 0.717) is 16.5 Å². The average molecular weight is 316 g/mol. The fraction of sp³-hybridized carbons (Fsp3) is 0. The van der Waals surface area contributed by atoms with Gasteiger partial charge in [-0.2, -0.15) is 0 Å². The predicted octanol–water partition coefficient (Wildman–Crippen LogP) is 3.06. The lowest BCUT2D eigenvalue weighted by molar-refractivity contribution is 1.18. The molecular weight excluding hydrogens is 306 g/mol. The third-order valence-electron chi connectivity index (χ3n) is 2.90. The van der Waals surface area contributed by atoms with Gasteiger partial charge in [0.2, 0.25) is 0 Å². The molecule has 3 N–H and O–H groups in total. The zero-order valence-electron chi connectivity index (χ0n) is 10.7. The van der Waals surface area contributed by atoms with E-state index in [1.54, 1.807) is 18.5 Å². The van der Waals surface area contributed by atoms with E-state index in [2.05, 4.69) is 20.3 Å². The van der Waals surface area contributed by atoms with Crippen molar-refractivity contribution in [2.24, 2.45) is 5.73 Å². The van der Waals surface area contributed by atoms with Crippen LogP contribution >= 0.6 is 23.8 Å². The van der Waals surface area contributed by atoms with Gasteiger partial charge in [0, 0.05) is 24.0 Å². The van der Waals surface area contributed by atoms with E-state index in [1.165, 1.54) is 6.20 Å². The molecule has 0 aliphatic rings. The molecule has 2 heterocycles. The van der Waals surface area contributed by atoms with E-state index in [-0.39, 0.29) is 4.99 Å². The number of nitrogens with one attached hydrogen (secondary N) is 1. The van der Waals surface area contributed by atoms with Gasteiger partial charge in [-0.15, -0.1) is 0 Å². The fourth-order valence-electron chi connectivity index (χ4n) is 1.98. The second kappa shape index (κ2) is 5.59. The number of hydrogen-bond acceptors (Lipinski definition) is 5. The Labute approximate surface area is 131 Å². The number of pyridine rings is 1. The minimum absolute atomic E-state index is 0.178. The number of nitrogens with two attached hydrogens (primary N) is 1. The molecule has 5 nitrogen and oxygen atoms in total. The molecule has 2 aromatic heterocycles. The molecule has 21 heavy (non-hydrogen) atoms. The number of fused-ring (bicyclic) bond motifs is 1. The summed E-state index contributed by atoms with van der Waals surface area (Å²) in [6.45, 7) is 0. The van der Waals surface area contributed by atoms with Crippen LogP contribution < -0.4 is 11.1 Å². The fourth-order valence-corrected chi connectivity index (χ4v) is 2.34. The molecule has 0 amide bonds. The summed E-state index contributed by atoms with van der Waals surface area (Å²) >= 11 is 11.2. The van der Waals surface area contributed by atoms with Crippen LogP contribution in [0.3, 0.4) is 0 Å². The Kier molecular flexibility index (Phi) is 3.64. The van der Waals surface area contributed by atoms with Crippen LogP contribution in [0.25, 0.3) is 10.9 Å². The van der Waals surface area contributed by atoms with Crippen molar-refractivity contribution < 1.29 is 0 Å². The van der Waals surface area contributed by atoms with Crippen LogP contribution in [0.2, 0.25) is 5.02 Å². The van der Waals surface area contributed by atoms with Crippen molar-refractivity contribution in [1.82, 2.24) is 15.0 Å². The highest BCUT2D eigenvalue weighted by molar-refractivity contribution is 7.80. The molecule has 0 fully saturated rings. The van der Waals surface area contributed by atoms with E-state index in [1.807, 2.05) is 18.2 Å². The van der Waals surface area contributed by atoms with Crippen molar-refractivity contribution in [3.63, 3.8) is 0 Å². The van der Waals surface area contributed by atoms with Gasteiger partial charge in [-0.25, -0.2) is 9.97 Å². The molecule has 0 unspecified atom stereocenters. The third-order valence-corrected chi connectivity index (χ3v) is 3.42. The van der Waals surface area contributed by atoms with Crippen molar-refractivity contribution in [2.75, 3.05) is 5.32 Å². The zero-order chi connectivity index (χ0) is 14.8. The van der Waals surface area contributed by atoms with Gasteiger partial charge in [0.15, 0.2) is 5.82 Å². The highest BCUT2D eigenvalue weighted by atomic mass is 35.5. The Balaban J connectivity index is 2.11. The lowest BCUT2D eigenvalue weighted by atomic mass is 10.2. The first-order valence-corrected chi connectivity index (χ1v) is 6.86. The smallest absolute Gasteiger partial charge is 0.159 e. The van der Waals surface area contributed by atoms with Gasteiger partial charge in [-0.1, -0.05) is 23.8 Å². The topological polar surface area (TPSA) is 76.7 Å². The quantitative estimate of drug-likeness (QED) is 0.723. The highest BCUT2D eigenvalue weighted by Crippen LogP contribution is 2.29. The van der Waals surface area contributed by atoms with Gasteiger partial charge in [0.05, 0.1) is 16.2 Å². The first-order valence-electron chi connectivity index (χ1n) is 6.08. The van der Waals surface area contributed by atoms with Crippen LogP contribution in [0, 0.1) is 0 Å². The number of rotatable bonds is 3. The molecule has 0 aliphatic carbocycles. The molecule has 0 saturated heterocycles. The molecule has 104 valence electrons. The monoisotopic (exact) mass is 315 g/mol. The van der Waals surface area contributed by atoms with Gasteiger partial charge in [0.25, 0.3) is 0 Å². The Morgan fingerprint density at radius 1 is 1.10 bits per heavy atom. The van der Waals surface area contributed by atoms with E-state index in [4.69, 9.17) is 29.6 Å². The molecule has 0 radical (unpaired) electrons. The van der Waals surface area contributed by atoms with Crippen molar-refractivity contribution in [1.29, 1.82) is 0 Å². The molecule has 0 aliphatic heterocycles. The number of aromatic nitrogens is 3. The first kappa shape index (κ1) is 13.7. The minimum atomic E-state index is 0.178. The number of nitrogens with zero attached hydrogens (tertiary/aromatic N) is 3. The summed E-state index contributed by atoms with van der Waals surface area (Å²) in [5.41, 5.74) is 7.59. The second-order valence-electron chi connectivity index (χ2n) is 4.24. The van der Waals surface area contributed by atoms with Crippen LogP contribution in [0.5, 0.6) is 0 Å². The maximum atomic E-state index is 6.18. The molecule has 7 heteroatoms.